The summed E-state index contributed by atoms with van der Waals surface area (Å²) in [5.41, 5.74) is 1.71. The van der Waals surface area contributed by atoms with Gasteiger partial charge >= 0.3 is 0 Å². The third-order valence-corrected chi connectivity index (χ3v) is 2.90. The number of fused-ring (bicyclic) bond motifs is 1. The van der Waals surface area contributed by atoms with Crippen molar-refractivity contribution in [1.82, 2.24) is 4.98 Å². The van der Waals surface area contributed by atoms with Crippen molar-refractivity contribution < 1.29 is 9.53 Å². The molecule has 1 aromatic heterocycles. The van der Waals surface area contributed by atoms with Gasteiger partial charge in [-0.2, -0.15) is 0 Å². The number of ether oxygens (including phenoxy) is 1. The van der Waals surface area contributed by atoms with Gasteiger partial charge in [-0.1, -0.05) is 18.2 Å². The van der Waals surface area contributed by atoms with Crippen LogP contribution in [-0.2, 0) is 0 Å². The number of aromatic amines is 1. The highest BCUT2D eigenvalue weighted by Gasteiger charge is 2.30. The highest BCUT2D eigenvalue weighted by molar-refractivity contribution is 6.01. The van der Waals surface area contributed by atoms with Crippen molar-refractivity contribution in [2.24, 2.45) is 0 Å². The number of hydrogen-bond acceptors (Lipinski definition) is 2. The van der Waals surface area contributed by atoms with Crippen LogP contribution in [0, 0.1) is 0 Å². The van der Waals surface area contributed by atoms with Gasteiger partial charge in [0.05, 0.1) is 5.92 Å². The summed E-state index contributed by atoms with van der Waals surface area (Å²) < 4.78 is 5.50. The quantitative estimate of drug-likeness (QED) is 0.778. The lowest BCUT2D eigenvalue weighted by atomic mass is 9.94. The second kappa shape index (κ2) is 3.52. The molecule has 1 N–H and O–H groups in total. The molecule has 1 aliphatic rings. The van der Waals surface area contributed by atoms with Gasteiger partial charge in [0.2, 0.25) is 0 Å². The van der Waals surface area contributed by atoms with E-state index < -0.39 is 0 Å². The first-order valence-corrected chi connectivity index (χ1v) is 5.25. The summed E-state index contributed by atoms with van der Waals surface area (Å²) in [6.45, 7) is 0.448. The molecule has 0 amide bonds. The number of nitrogens with one attached hydrogen (secondary N) is 1. The molecule has 1 aromatic carbocycles. The lowest BCUT2D eigenvalue weighted by Crippen LogP contribution is -2.13. The predicted molar refractivity (Wildman–Crippen MR) is 59.8 cm³/mol. The van der Waals surface area contributed by atoms with Crippen molar-refractivity contribution in [3.63, 3.8) is 0 Å². The molecule has 0 radical (unpaired) electrons. The van der Waals surface area contributed by atoms with E-state index in [4.69, 9.17) is 4.74 Å². The Morgan fingerprint density at radius 3 is 3.00 bits per heavy atom. The summed E-state index contributed by atoms with van der Waals surface area (Å²) in [6, 6.07) is 9.51. The topological polar surface area (TPSA) is 42.1 Å². The van der Waals surface area contributed by atoms with Crippen LogP contribution in [0.1, 0.15) is 21.8 Å². The molecule has 3 rings (SSSR count). The van der Waals surface area contributed by atoms with E-state index in [0.717, 1.165) is 11.3 Å². The summed E-state index contributed by atoms with van der Waals surface area (Å²) in [4.78, 5) is 15.1. The van der Waals surface area contributed by atoms with Crippen molar-refractivity contribution in [2.75, 3.05) is 6.61 Å². The number of aromatic nitrogens is 1. The molecule has 0 aliphatic carbocycles. The second-order valence-corrected chi connectivity index (χ2v) is 3.87. The van der Waals surface area contributed by atoms with Gasteiger partial charge in [-0.05, 0) is 12.1 Å². The number of benzene rings is 1. The predicted octanol–water partition coefficient (Wildman–Crippen LogP) is 2.37. The Bertz CT molecular complexity index is 516. The first-order valence-electron chi connectivity index (χ1n) is 5.25. The third-order valence-electron chi connectivity index (χ3n) is 2.90. The van der Waals surface area contributed by atoms with E-state index in [1.165, 1.54) is 0 Å². The lowest BCUT2D eigenvalue weighted by molar-refractivity contribution is 0.0947. The van der Waals surface area contributed by atoms with Crippen molar-refractivity contribution in [2.45, 2.75) is 5.92 Å². The summed E-state index contributed by atoms with van der Waals surface area (Å²) in [6.07, 6.45) is 3.48. The SMILES string of the molecule is O=C(c1cc[nH]c1)C1COc2ccccc21. The molecule has 80 valence electrons. The van der Waals surface area contributed by atoms with Gasteiger partial charge in [0.15, 0.2) is 5.78 Å². The van der Waals surface area contributed by atoms with Gasteiger partial charge in [-0.15, -0.1) is 0 Å². The van der Waals surface area contributed by atoms with Gasteiger partial charge in [-0.25, -0.2) is 0 Å². The first kappa shape index (κ1) is 9.21. The standard InChI is InChI=1S/C13H11NO2/c15-13(9-5-6-14-7-9)11-8-16-12-4-2-1-3-10(11)12/h1-7,11,14H,8H2. The van der Waals surface area contributed by atoms with Crippen LogP contribution >= 0.6 is 0 Å². The highest BCUT2D eigenvalue weighted by atomic mass is 16.5. The van der Waals surface area contributed by atoms with Crippen LogP contribution in [0.25, 0.3) is 0 Å². The number of hydrogen-bond donors (Lipinski definition) is 1. The monoisotopic (exact) mass is 213 g/mol. The summed E-state index contributed by atoms with van der Waals surface area (Å²) in [5, 5.41) is 0. The molecule has 1 aliphatic heterocycles. The van der Waals surface area contributed by atoms with Gasteiger partial charge in [-0.3, -0.25) is 4.79 Å². The van der Waals surface area contributed by atoms with Crippen LogP contribution in [0.3, 0.4) is 0 Å². The van der Waals surface area contributed by atoms with Crippen LogP contribution in [0.2, 0.25) is 0 Å². The molecule has 3 nitrogen and oxygen atoms in total. The van der Waals surface area contributed by atoms with Crippen LogP contribution < -0.4 is 4.74 Å². The minimum atomic E-state index is -0.160. The molecular formula is C13H11NO2. The first-order chi connectivity index (χ1) is 7.86. The number of carbonyl (C=O) groups is 1. The van der Waals surface area contributed by atoms with Gasteiger partial charge < -0.3 is 9.72 Å². The van der Waals surface area contributed by atoms with E-state index in [9.17, 15) is 4.79 Å². The third kappa shape index (κ3) is 1.33. The molecule has 0 spiro atoms. The summed E-state index contributed by atoms with van der Waals surface area (Å²) in [5.74, 6) is 0.787. The van der Waals surface area contributed by atoms with Gasteiger partial charge in [0.1, 0.15) is 12.4 Å². The smallest absolute Gasteiger partial charge is 0.175 e. The summed E-state index contributed by atoms with van der Waals surface area (Å²) >= 11 is 0. The zero-order chi connectivity index (χ0) is 11.0. The lowest BCUT2D eigenvalue weighted by Gasteiger charge is -2.05. The Morgan fingerprint density at radius 1 is 1.31 bits per heavy atom. The second-order valence-electron chi connectivity index (χ2n) is 3.87. The highest BCUT2D eigenvalue weighted by Crippen LogP contribution is 2.35. The number of ketones is 1. The number of rotatable bonds is 2. The van der Waals surface area contributed by atoms with Crippen molar-refractivity contribution in [3.05, 3.63) is 53.9 Å². The minimum absolute atomic E-state index is 0.117. The van der Waals surface area contributed by atoms with Crippen molar-refractivity contribution in [1.29, 1.82) is 0 Å². The van der Waals surface area contributed by atoms with Crippen LogP contribution in [0.5, 0.6) is 5.75 Å². The molecule has 16 heavy (non-hydrogen) atoms. The Hall–Kier alpha value is -2.03. The maximum Gasteiger partial charge on any atom is 0.175 e. The molecule has 2 heterocycles. The average Bonchev–Trinajstić information content (AvgIpc) is 2.98. The minimum Gasteiger partial charge on any atom is -0.492 e. The van der Waals surface area contributed by atoms with E-state index >= 15 is 0 Å². The molecule has 0 saturated carbocycles. The fourth-order valence-corrected chi connectivity index (χ4v) is 2.06. The van der Waals surface area contributed by atoms with Crippen molar-refractivity contribution in [3.8, 4) is 5.75 Å². The molecule has 2 aromatic rings. The Morgan fingerprint density at radius 2 is 2.19 bits per heavy atom. The maximum atomic E-state index is 12.2. The van der Waals surface area contributed by atoms with Crippen LogP contribution in [-0.4, -0.2) is 17.4 Å². The van der Waals surface area contributed by atoms with E-state index in [0.29, 0.717) is 12.2 Å². The van der Waals surface area contributed by atoms with E-state index in [1.807, 2.05) is 24.3 Å². The van der Waals surface area contributed by atoms with Crippen LogP contribution in [0.15, 0.2) is 42.7 Å². The Labute approximate surface area is 93.1 Å². The zero-order valence-corrected chi connectivity index (χ0v) is 8.64. The van der Waals surface area contributed by atoms with E-state index in [1.54, 1.807) is 18.5 Å². The number of para-hydroxylation sites is 1. The van der Waals surface area contributed by atoms with Crippen molar-refractivity contribution >= 4 is 5.78 Å². The molecule has 1 atom stereocenters. The number of H-pyrrole nitrogens is 1. The molecular weight excluding hydrogens is 202 g/mol. The zero-order valence-electron chi connectivity index (χ0n) is 8.64. The van der Waals surface area contributed by atoms with Gasteiger partial charge in [0, 0.05) is 23.5 Å². The molecule has 0 saturated heterocycles. The summed E-state index contributed by atoms with van der Waals surface area (Å²) in [7, 11) is 0. The molecule has 3 heteroatoms. The fourth-order valence-electron chi connectivity index (χ4n) is 2.06. The largest absolute Gasteiger partial charge is 0.492 e. The normalized spacial score (nSPS) is 17.9. The van der Waals surface area contributed by atoms with Crippen LogP contribution in [0.4, 0.5) is 0 Å². The maximum absolute atomic E-state index is 12.2. The molecule has 0 fully saturated rings. The van der Waals surface area contributed by atoms with Gasteiger partial charge in [0.25, 0.3) is 0 Å². The number of carbonyl (C=O) groups excluding carboxylic acids is 1. The molecule has 0 bridgehead atoms. The molecule has 1 unspecified atom stereocenters. The Kier molecular flexibility index (Phi) is 2.03. The Balaban J connectivity index is 1.96. The fraction of sp³-hybridized carbons (Fsp3) is 0.154. The average molecular weight is 213 g/mol. The van der Waals surface area contributed by atoms with E-state index in [2.05, 4.69) is 4.98 Å². The van der Waals surface area contributed by atoms with E-state index in [-0.39, 0.29) is 11.7 Å². The number of Topliss-reactive ketones (excluding diaryl/α,β-unsaturated/α-hetero) is 1.